The molecule has 1 aliphatic heterocycles. The van der Waals surface area contributed by atoms with Gasteiger partial charge in [0.15, 0.2) is 0 Å². The zero-order valence-corrected chi connectivity index (χ0v) is 24.6. The van der Waals surface area contributed by atoms with Gasteiger partial charge in [0.2, 0.25) is 0 Å². The minimum absolute atomic E-state index is 0.167. The normalized spacial score (nSPS) is 15.5. The molecule has 1 fully saturated rings. The fraction of sp³-hybridized carbons (Fsp3) is 0.400. The molecule has 1 atom stereocenters. The van der Waals surface area contributed by atoms with E-state index in [0.29, 0.717) is 13.0 Å². The number of benzene rings is 3. The third-order valence-electron chi connectivity index (χ3n) is 8.07. The van der Waals surface area contributed by atoms with Crippen LogP contribution >= 0.6 is 0 Å². The Kier molecular flexibility index (Phi) is 10.5. The first-order valence-corrected chi connectivity index (χ1v) is 15.1. The predicted molar refractivity (Wildman–Crippen MR) is 167 cm³/mol. The van der Waals surface area contributed by atoms with Crippen molar-refractivity contribution in [2.24, 2.45) is 5.73 Å². The summed E-state index contributed by atoms with van der Waals surface area (Å²) in [5.41, 5.74) is 10.2. The number of hydrogen-bond donors (Lipinski definition) is 3. The molecule has 3 aromatic carbocycles. The van der Waals surface area contributed by atoms with E-state index in [9.17, 15) is 15.0 Å². The summed E-state index contributed by atoms with van der Waals surface area (Å²) in [5, 5.41) is 19.8. The minimum atomic E-state index is -1.33. The summed E-state index contributed by atoms with van der Waals surface area (Å²) in [6.07, 6.45) is 8.22. The van der Waals surface area contributed by atoms with Gasteiger partial charge in [-0.05, 0) is 91.6 Å². The van der Waals surface area contributed by atoms with Crippen molar-refractivity contribution in [3.63, 3.8) is 0 Å². The van der Waals surface area contributed by atoms with Crippen LogP contribution in [0.5, 0.6) is 5.75 Å². The maximum atomic E-state index is 12.4. The van der Waals surface area contributed by atoms with Crippen LogP contribution < -0.4 is 10.5 Å². The topological polar surface area (TPSA) is 116 Å². The lowest BCUT2D eigenvalue weighted by Crippen LogP contribution is -2.51. The average Bonchev–Trinajstić information content (AvgIpc) is 3.43. The second-order valence-electron chi connectivity index (χ2n) is 11.5. The number of aromatic nitrogens is 1. The molecule has 1 aliphatic rings. The number of esters is 1. The summed E-state index contributed by atoms with van der Waals surface area (Å²) in [6, 6.07) is 25.0. The van der Waals surface area contributed by atoms with Crippen molar-refractivity contribution in [1.29, 1.82) is 0 Å². The Bertz CT molecular complexity index is 1460. The standard InChI is InChI=1S/C35H42N2O6/c36-35(23-38,24-39)25-43-34(40)18-11-27-10-17-33-32(20-27)28(12-9-26-6-2-1-3-7-26)21-37(33)29-13-15-30(16-14-29)42-22-31-8-4-5-19-41-31/h1-3,6-7,10,13-17,20-21,31,38-39H,4-5,8-9,11-12,18-19,22-25,36H2. The molecule has 8 nitrogen and oxygen atoms in total. The number of aliphatic hydroxyl groups is 2. The van der Waals surface area contributed by atoms with Gasteiger partial charge in [0, 0.05) is 30.3 Å². The molecule has 0 bridgehead atoms. The Morgan fingerprint density at radius 3 is 2.47 bits per heavy atom. The van der Waals surface area contributed by atoms with Crippen molar-refractivity contribution < 1.29 is 29.2 Å². The van der Waals surface area contributed by atoms with Crippen LogP contribution in [0, 0.1) is 0 Å². The fourth-order valence-electron chi connectivity index (χ4n) is 5.35. The van der Waals surface area contributed by atoms with E-state index in [2.05, 4.69) is 59.3 Å². The Morgan fingerprint density at radius 2 is 1.74 bits per heavy atom. The maximum absolute atomic E-state index is 12.4. The molecule has 0 radical (unpaired) electrons. The Hall–Kier alpha value is -3.69. The molecule has 4 N–H and O–H groups in total. The molecule has 228 valence electrons. The first kappa shape index (κ1) is 30.8. The Labute approximate surface area is 253 Å². The molecule has 2 heterocycles. The number of carbonyl (C=O) groups excluding carboxylic acids is 1. The van der Waals surface area contributed by atoms with E-state index in [0.717, 1.165) is 60.2 Å². The van der Waals surface area contributed by atoms with Gasteiger partial charge in [0.1, 0.15) is 19.0 Å². The molecule has 0 saturated carbocycles. The largest absolute Gasteiger partial charge is 0.491 e. The van der Waals surface area contributed by atoms with Crippen LogP contribution in [-0.4, -0.2) is 65.4 Å². The minimum Gasteiger partial charge on any atom is -0.491 e. The predicted octanol–water partition coefficient (Wildman–Crippen LogP) is 4.52. The number of rotatable bonds is 14. The number of aliphatic hydroxyl groups excluding tert-OH is 2. The summed E-state index contributed by atoms with van der Waals surface area (Å²) in [4.78, 5) is 12.4. The van der Waals surface area contributed by atoms with Crippen LogP contribution in [0.3, 0.4) is 0 Å². The smallest absolute Gasteiger partial charge is 0.306 e. The number of hydrogen-bond acceptors (Lipinski definition) is 7. The maximum Gasteiger partial charge on any atom is 0.306 e. The Morgan fingerprint density at radius 1 is 0.953 bits per heavy atom. The lowest BCUT2D eigenvalue weighted by molar-refractivity contribution is -0.146. The third-order valence-corrected chi connectivity index (χ3v) is 8.07. The summed E-state index contributed by atoms with van der Waals surface area (Å²) in [5.74, 6) is 0.411. The molecule has 8 heteroatoms. The summed E-state index contributed by atoms with van der Waals surface area (Å²) >= 11 is 0. The number of ether oxygens (including phenoxy) is 3. The van der Waals surface area contributed by atoms with E-state index in [1.807, 2.05) is 24.3 Å². The zero-order chi connectivity index (χ0) is 30.1. The van der Waals surface area contributed by atoms with E-state index in [4.69, 9.17) is 19.9 Å². The molecule has 0 amide bonds. The lowest BCUT2D eigenvalue weighted by Gasteiger charge is -2.23. The van der Waals surface area contributed by atoms with Gasteiger partial charge in [-0.2, -0.15) is 0 Å². The SMILES string of the molecule is NC(CO)(CO)COC(=O)CCc1ccc2c(c1)c(CCc1ccccc1)cn2-c1ccc(OCC2CCCCO2)cc1. The van der Waals surface area contributed by atoms with Crippen LogP contribution in [0.1, 0.15) is 42.4 Å². The Balaban J connectivity index is 1.32. The van der Waals surface area contributed by atoms with Crippen molar-refractivity contribution in [1.82, 2.24) is 4.57 Å². The van der Waals surface area contributed by atoms with Crippen molar-refractivity contribution in [2.45, 2.75) is 56.6 Å². The van der Waals surface area contributed by atoms with E-state index in [1.54, 1.807) is 0 Å². The second-order valence-corrected chi connectivity index (χ2v) is 11.5. The summed E-state index contributed by atoms with van der Waals surface area (Å²) < 4.78 is 19.3. The highest BCUT2D eigenvalue weighted by molar-refractivity contribution is 5.86. The van der Waals surface area contributed by atoms with Gasteiger partial charge in [-0.3, -0.25) is 4.79 Å². The van der Waals surface area contributed by atoms with Crippen LogP contribution in [0.4, 0.5) is 0 Å². The van der Waals surface area contributed by atoms with Crippen molar-refractivity contribution in [2.75, 3.05) is 33.0 Å². The van der Waals surface area contributed by atoms with Crippen molar-refractivity contribution in [3.05, 3.63) is 95.7 Å². The average molecular weight is 587 g/mol. The third kappa shape index (κ3) is 8.24. The molecular formula is C35H42N2O6. The van der Waals surface area contributed by atoms with E-state index in [1.165, 1.54) is 17.5 Å². The van der Waals surface area contributed by atoms with Crippen LogP contribution in [0.25, 0.3) is 16.6 Å². The summed E-state index contributed by atoms with van der Waals surface area (Å²) in [7, 11) is 0. The van der Waals surface area contributed by atoms with Gasteiger partial charge in [0.05, 0.1) is 30.4 Å². The van der Waals surface area contributed by atoms with E-state index in [-0.39, 0.29) is 19.1 Å². The van der Waals surface area contributed by atoms with Crippen LogP contribution in [0.15, 0.2) is 79.0 Å². The van der Waals surface area contributed by atoms with Crippen LogP contribution in [-0.2, 0) is 33.5 Å². The molecule has 4 aromatic rings. The number of nitrogens with zero attached hydrogens (tertiary/aromatic N) is 1. The monoisotopic (exact) mass is 586 g/mol. The lowest BCUT2D eigenvalue weighted by atomic mass is 10.0. The first-order chi connectivity index (χ1) is 21.0. The highest BCUT2D eigenvalue weighted by Gasteiger charge is 2.25. The van der Waals surface area contributed by atoms with E-state index < -0.39 is 24.7 Å². The fourth-order valence-corrected chi connectivity index (χ4v) is 5.35. The molecule has 1 unspecified atom stereocenters. The quantitative estimate of drug-likeness (QED) is 0.186. The molecule has 5 rings (SSSR count). The molecular weight excluding hydrogens is 544 g/mol. The van der Waals surface area contributed by atoms with Crippen molar-refractivity contribution >= 4 is 16.9 Å². The number of aryl methyl sites for hydroxylation is 3. The number of nitrogens with two attached hydrogens (primary N) is 1. The number of carbonyl (C=O) groups is 1. The molecule has 1 aromatic heterocycles. The zero-order valence-electron chi connectivity index (χ0n) is 24.6. The molecule has 0 aliphatic carbocycles. The second kappa shape index (κ2) is 14.7. The van der Waals surface area contributed by atoms with Gasteiger partial charge >= 0.3 is 5.97 Å². The van der Waals surface area contributed by atoms with Gasteiger partial charge in [0.25, 0.3) is 0 Å². The van der Waals surface area contributed by atoms with Gasteiger partial charge < -0.3 is 34.7 Å². The molecule has 43 heavy (non-hydrogen) atoms. The highest BCUT2D eigenvalue weighted by Crippen LogP contribution is 2.29. The molecule has 0 spiro atoms. The van der Waals surface area contributed by atoms with Gasteiger partial charge in [-0.1, -0.05) is 36.4 Å². The van der Waals surface area contributed by atoms with Gasteiger partial charge in [-0.25, -0.2) is 0 Å². The van der Waals surface area contributed by atoms with Gasteiger partial charge in [-0.15, -0.1) is 0 Å². The first-order valence-electron chi connectivity index (χ1n) is 15.1. The molecule has 1 saturated heterocycles. The van der Waals surface area contributed by atoms with E-state index >= 15 is 0 Å². The number of fused-ring (bicyclic) bond motifs is 1. The summed E-state index contributed by atoms with van der Waals surface area (Å²) in [6.45, 7) is 0.212. The van der Waals surface area contributed by atoms with Crippen LogP contribution in [0.2, 0.25) is 0 Å². The van der Waals surface area contributed by atoms with Crippen molar-refractivity contribution in [3.8, 4) is 11.4 Å². The highest BCUT2D eigenvalue weighted by atomic mass is 16.5.